The maximum absolute atomic E-state index is 11.9. The van der Waals surface area contributed by atoms with Crippen LogP contribution in [0.5, 0.6) is 0 Å². The van der Waals surface area contributed by atoms with Crippen LogP contribution in [-0.2, 0) is 15.1 Å². The molecule has 0 heterocycles. The van der Waals surface area contributed by atoms with E-state index in [1.54, 1.807) is 0 Å². The van der Waals surface area contributed by atoms with Crippen molar-refractivity contribution in [1.82, 2.24) is 0 Å². The predicted octanol–water partition coefficient (Wildman–Crippen LogP) is 4.54. The molecule has 2 atom stereocenters. The van der Waals surface area contributed by atoms with E-state index in [1.807, 2.05) is 91.9 Å². The highest BCUT2D eigenvalue weighted by Crippen LogP contribution is 2.43. The quantitative estimate of drug-likeness (QED) is 0.690. The van der Waals surface area contributed by atoms with Crippen molar-refractivity contribution in [2.45, 2.75) is 25.6 Å². The fraction of sp³-hybridized carbons (Fsp3) is 0.174. The molecule has 0 saturated heterocycles. The molecule has 0 bridgehead atoms. The van der Waals surface area contributed by atoms with Crippen molar-refractivity contribution < 1.29 is 14.6 Å². The molecule has 1 N–H and O–H groups in total. The molecule has 3 heteroatoms. The van der Waals surface area contributed by atoms with Crippen LogP contribution < -0.4 is 0 Å². The van der Waals surface area contributed by atoms with Gasteiger partial charge in [0.15, 0.2) is 11.7 Å². The van der Waals surface area contributed by atoms with Gasteiger partial charge in [0.1, 0.15) is 0 Å². The van der Waals surface area contributed by atoms with E-state index in [4.69, 9.17) is 4.74 Å². The fourth-order valence-corrected chi connectivity index (χ4v) is 3.16. The Hall–Kier alpha value is -2.91. The summed E-state index contributed by atoms with van der Waals surface area (Å²) in [5.74, 6) is -0.444. The highest BCUT2D eigenvalue weighted by molar-refractivity contribution is 5.67. The number of carbonyl (C=O) groups excluding carboxylic acids is 1. The molecule has 3 aromatic carbocycles. The minimum atomic E-state index is -1.51. The summed E-state index contributed by atoms with van der Waals surface area (Å²) in [5, 5.41) is 11.9. The lowest BCUT2D eigenvalue weighted by atomic mass is 9.78. The molecule has 0 saturated carbocycles. The van der Waals surface area contributed by atoms with Crippen molar-refractivity contribution >= 4 is 5.97 Å². The Labute approximate surface area is 153 Å². The van der Waals surface area contributed by atoms with Crippen LogP contribution in [0.3, 0.4) is 0 Å². The number of rotatable bonds is 5. The number of carbonyl (C=O) groups is 1. The Kier molecular flexibility index (Phi) is 5.19. The van der Waals surface area contributed by atoms with Crippen molar-refractivity contribution in [3.05, 3.63) is 107 Å². The molecule has 0 spiro atoms. The van der Waals surface area contributed by atoms with Crippen molar-refractivity contribution in [2.24, 2.45) is 0 Å². The summed E-state index contributed by atoms with van der Waals surface area (Å²) in [4.78, 5) is 11.9. The van der Waals surface area contributed by atoms with Crippen LogP contribution in [0.15, 0.2) is 84.9 Å². The van der Waals surface area contributed by atoms with Crippen LogP contribution in [0.25, 0.3) is 0 Å². The van der Waals surface area contributed by atoms with Gasteiger partial charge < -0.3 is 9.84 Å². The molecule has 132 valence electrons. The van der Waals surface area contributed by atoms with E-state index in [0.29, 0.717) is 11.1 Å². The number of ether oxygens (including phenoxy) is 1. The first-order valence-corrected chi connectivity index (χ1v) is 8.59. The summed E-state index contributed by atoms with van der Waals surface area (Å²) in [5.41, 5.74) is 1.65. The Bertz CT molecular complexity index is 857. The number of aliphatic hydroxyl groups is 1. The molecule has 3 aromatic rings. The van der Waals surface area contributed by atoms with E-state index >= 15 is 0 Å². The number of esters is 1. The van der Waals surface area contributed by atoms with Gasteiger partial charge in [0.25, 0.3) is 0 Å². The minimum Gasteiger partial charge on any atom is -0.454 e. The van der Waals surface area contributed by atoms with Gasteiger partial charge in [-0.05, 0) is 23.6 Å². The van der Waals surface area contributed by atoms with E-state index in [-0.39, 0.29) is 0 Å². The van der Waals surface area contributed by atoms with Gasteiger partial charge in [0, 0.05) is 6.92 Å². The van der Waals surface area contributed by atoms with E-state index in [0.717, 1.165) is 11.1 Å². The molecular weight excluding hydrogens is 324 g/mol. The second kappa shape index (κ2) is 7.54. The Morgan fingerprint density at radius 2 is 1.35 bits per heavy atom. The van der Waals surface area contributed by atoms with Crippen LogP contribution in [0.2, 0.25) is 0 Å². The zero-order valence-corrected chi connectivity index (χ0v) is 14.9. The summed E-state index contributed by atoms with van der Waals surface area (Å²) >= 11 is 0. The molecule has 0 aliphatic rings. The van der Waals surface area contributed by atoms with Crippen LogP contribution in [0.1, 0.15) is 35.3 Å². The minimum absolute atomic E-state index is 0.444. The van der Waals surface area contributed by atoms with Crippen LogP contribution >= 0.6 is 0 Å². The third-order valence-corrected chi connectivity index (χ3v) is 4.47. The molecule has 0 amide bonds. The summed E-state index contributed by atoms with van der Waals surface area (Å²) < 4.78 is 5.65. The third-order valence-electron chi connectivity index (χ3n) is 4.47. The summed E-state index contributed by atoms with van der Waals surface area (Å²) in [6.45, 7) is 3.35. The molecule has 26 heavy (non-hydrogen) atoms. The van der Waals surface area contributed by atoms with Gasteiger partial charge >= 0.3 is 5.97 Å². The Morgan fingerprint density at radius 3 is 1.88 bits per heavy atom. The number of hydrogen-bond acceptors (Lipinski definition) is 3. The molecule has 3 nitrogen and oxygen atoms in total. The first-order valence-electron chi connectivity index (χ1n) is 8.59. The largest absolute Gasteiger partial charge is 0.454 e. The fourth-order valence-electron chi connectivity index (χ4n) is 3.16. The highest BCUT2D eigenvalue weighted by Gasteiger charge is 2.43. The number of aryl methyl sites for hydroxylation is 1. The second-order valence-electron chi connectivity index (χ2n) is 6.40. The zero-order valence-electron chi connectivity index (χ0n) is 14.9. The summed E-state index contributed by atoms with van der Waals surface area (Å²) in [6, 6.07) is 26.3. The van der Waals surface area contributed by atoms with Crippen LogP contribution in [0, 0.1) is 6.92 Å². The van der Waals surface area contributed by atoms with Gasteiger partial charge in [0.2, 0.25) is 0 Å². The molecule has 3 rings (SSSR count). The lowest BCUT2D eigenvalue weighted by Gasteiger charge is -2.37. The topological polar surface area (TPSA) is 46.5 Å². The molecular formula is C23H22O3. The predicted molar refractivity (Wildman–Crippen MR) is 102 cm³/mol. The Morgan fingerprint density at radius 1 is 0.846 bits per heavy atom. The average Bonchev–Trinajstić information content (AvgIpc) is 2.67. The van der Waals surface area contributed by atoms with Gasteiger partial charge in [-0.2, -0.15) is 0 Å². The third kappa shape index (κ3) is 3.53. The maximum atomic E-state index is 11.9. The number of hydrogen-bond donors (Lipinski definition) is 1. The van der Waals surface area contributed by atoms with E-state index in [2.05, 4.69) is 0 Å². The smallest absolute Gasteiger partial charge is 0.303 e. The lowest BCUT2D eigenvalue weighted by Crippen LogP contribution is -2.37. The van der Waals surface area contributed by atoms with Gasteiger partial charge in [0.05, 0.1) is 0 Å². The second-order valence-corrected chi connectivity index (χ2v) is 6.40. The molecule has 0 radical (unpaired) electrons. The van der Waals surface area contributed by atoms with Gasteiger partial charge in [-0.3, -0.25) is 4.79 Å². The van der Waals surface area contributed by atoms with Crippen LogP contribution in [-0.4, -0.2) is 11.1 Å². The van der Waals surface area contributed by atoms with Crippen LogP contribution in [0.4, 0.5) is 0 Å². The monoisotopic (exact) mass is 346 g/mol. The van der Waals surface area contributed by atoms with Crippen molar-refractivity contribution in [3.63, 3.8) is 0 Å². The van der Waals surface area contributed by atoms with Crippen molar-refractivity contribution in [3.8, 4) is 0 Å². The first kappa shape index (κ1) is 17.9. The molecule has 0 aliphatic heterocycles. The SMILES string of the molecule is CC(=O)O[C@H](c1ccccc1)[C@@](O)(c1ccccc1)c1ccc(C)cc1. The summed E-state index contributed by atoms with van der Waals surface area (Å²) in [7, 11) is 0. The number of benzene rings is 3. The zero-order chi connectivity index (χ0) is 18.6. The van der Waals surface area contributed by atoms with E-state index < -0.39 is 17.7 Å². The van der Waals surface area contributed by atoms with Gasteiger partial charge in [-0.1, -0.05) is 90.5 Å². The van der Waals surface area contributed by atoms with E-state index in [1.165, 1.54) is 6.92 Å². The normalized spacial score (nSPS) is 14.3. The van der Waals surface area contributed by atoms with Crippen molar-refractivity contribution in [1.29, 1.82) is 0 Å². The van der Waals surface area contributed by atoms with Crippen molar-refractivity contribution in [2.75, 3.05) is 0 Å². The van der Waals surface area contributed by atoms with Gasteiger partial charge in [-0.25, -0.2) is 0 Å². The first-order chi connectivity index (χ1) is 12.5. The van der Waals surface area contributed by atoms with Gasteiger partial charge in [-0.15, -0.1) is 0 Å². The molecule has 0 aliphatic carbocycles. The summed E-state index contributed by atoms with van der Waals surface area (Å²) in [6.07, 6.45) is -0.869. The molecule has 0 unspecified atom stereocenters. The molecule has 0 fully saturated rings. The maximum Gasteiger partial charge on any atom is 0.303 e. The Balaban J connectivity index is 2.23. The highest BCUT2D eigenvalue weighted by atomic mass is 16.6. The standard InChI is InChI=1S/C23H22O3/c1-17-13-15-21(16-14-17)23(25,20-11-7-4-8-12-20)22(26-18(2)24)19-9-5-3-6-10-19/h3-16,22,25H,1-2H3/t22-,23-/m1/s1. The lowest BCUT2D eigenvalue weighted by molar-refractivity contribution is -0.160. The average molecular weight is 346 g/mol. The van der Waals surface area contributed by atoms with E-state index in [9.17, 15) is 9.90 Å². The molecule has 0 aromatic heterocycles.